The summed E-state index contributed by atoms with van der Waals surface area (Å²) in [5.74, 6) is -0.218. The maximum Gasteiger partial charge on any atom is 0.279 e. The number of carbonyl (C=O) groups is 1. The van der Waals surface area contributed by atoms with E-state index in [1.807, 2.05) is 22.6 Å². The number of aryl methyl sites for hydroxylation is 1. The lowest BCUT2D eigenvalue weighted by molar-refractivity contribution is 0.0170. The molecule has 148 valence electrons. The highest BCUT2D eigenvalue weighted by molar-refractivity contribution is 14.1. The summed E-state index contributed by atoms with van der Waals surface area (Å²) >= 11 is 2.02. The van der Waals surface area contributed by atoms with Gasteiger partial charge in [0.1, 0.15) is 23.0 Å². The third-order valence-electron chi connectivity index (χ3n) is 4.01. The van der Waals surface area contributed by atoms with E-state index < -0.39 is 11.7 Å². The average molecular weight is 500 g/mol. The zero-order valence-electron chi connectivity index (χ0n) is 15.1. The summed E-state index contributed by atoms with van der Waals surface area (Å²) < 4.78 is 22.0. The second-order valence-electron chi connectivity index (χ2n) is 5.78. The number of aromatic nitrogens is 2. The van der Waals surface area contributed by atoms with Crippen LogP contribution in [0.1, 0.15) is 10.4 Å². The molecular formula is C18H18FIN4O4. The number of anilines is 2. The van der Waals surface area contributed by atoms with Crippen molar-refractivity contribution in [3.05, 3.63) is 45.4 Å². The van der Waals surface area contributed by atoms with Crippen LogP contribution >= 0.6 is 22.6 Å². The molecule has 0 aliphatic carbocycles. The molecule has 2 heterocycles. The number of rotatable bonds is 7. The minimum absolute atomic E-state index is 0.0629. The number of ether oxygens (including phenoxy) is 1. The number of fused-ring (bicyclic) bond motifs is 1. The van der Waals surface area contributed by atoms with Crippen LogP contribution in [-0.4, -0.2) is 40.9 Å². The maximum absolute atomic E-state index is 14.4. The molecule has 0 aliphatic rings. The Labute approximate surface area is 173 Å². The normalized spacial score (nSPS) is 10.9. The van der Waals surface area contributed by atoms with Gasteiger partial charge in [0.05, 0.1) is 37.8 Å². The van der Waals surface area contributed by atoms with Crippen molar-refractivity contribution in [2.75, 3.05) is 25.6 Å². The first-order chi connectivity index (χ1) is 13.5. The lowest BCUT2D eigenvalue weighted by Gasteiger charge is -2.12. The molecule has 0 aliphatic heterocycles. The van der Waals surface area contributed by atoms with Crippen LogP contribution < -0.4 is 15.5 Å². The number of hydrogen-bond acceptors (Lipinski definition) is 6. The molecule has 1 amide bonds. The number of methoxy groups -OCH3 is 1. The number of pyridine rings is 1. The van der Waals surface area contributed by atoms with Gasteiger partial charge in [0, 0.05) is 16.0 Å². The number of aliphatic hydroxyl groups excluding tert-OH is 1. The second-order valence-corrected chi connectivity index (χ2v) is 7.03. The summed E-state index contributed by atoms with van der Waals surface area (Å²) in [5, 5.41) is 12.3. The zero-order chi connectivity index (χ0) is 20.3. The maximum atomic E-state index is 14.4. The number of aliphatic hydroxyl groups is 1. The van der Waals surface area contributed by atoms with Gasteiger partial charge in [0.15, 0.2) is 0 Å². The van der Waals surface area contributed by atoms with Gasteiger partial charge in [0.2, 0.25) is 0 Å². The van der Waals surface area contributed by atoms with Crippen LogP contribution in [0.5, 0.6) is 5.75 Å². The van der Waals surface area contributed by atoms with Crippen LogP contribution in [0.2, 0.25) is 0 Å². The van der Waals surface area contributed by atoms with Gasteiger partial charge in [-0.05, 0) is 46.9 Å². The molecule has 2 aromatic heterocycles. The number of hydrogen-bond donors (Lipinski definition) is 3. The van der Waals surface area contributed by atoms with E-state index in [1.165, 1.54) is 19.4 Å². The molecule has 28 heavy (non-hydrogen) atoms. The highest BCUT2D eigenvalue weighted by atomic mass is 127. The van der Waals surface area contributed by atoms with E-state index in [9.17, 15) is 9.18 Å². The lowest BCUT2D eigenvalue weighted by Crippen LogP contribution is -2.25. The van der Waals surface area contributed by atoms with E-state index in [0.29, 0.717) is 22.6 Å². The van der Waals surface area contributed by atoms with Crippen LogP contribution in [0.4, 0.5) is 15.9 Å². The summed E-state index contributed by atoms with van der Waals surface area (Å²) in [7, 11) is 3.20. The zero-order valence-corrected chi connectivity index (χ0v) is 17.3. The number of halogens is 2. The molecule has 1 aromatic carbocycles. The second kappa shape index (κ2) is 8.71. The van der Waals surface area contributed by atoms with Gasteiger partial charge in [0.25, 0.3) is 5.91 Å². The lowest BCUT2D eigenvalue weighted by atomic mass is 10.2. The summed E-state index contributed by atoms with van der Waals surface area (Å²) in [6.45, 7) is -0.309. The molecule has 3 rings (SSSR count). The van der Waals surface area contributed by atoms with Crippen LogP contribution in [0, 0.1) is 9.39 Å². The average Bonchev–Trinajstić information content (AvgIpc) is 2.95. The number of benzene rings is 1. The van der Waals surface area contributed by atoms with E-state index in [2.05, 4.69) is 15.8 Å². The highest BCUT2D eigenvalue weighted by Gasteiger charge is 2.24. The molecule has 0 saturated carbocycles. The smallest absolute Gasteiger partial charge is 0.279 e. The monoisotopic (exact) mass is 500 g/mol. The largest absolute Gasteiger partial charge is 0.495 e. The van der Waals surface area contributed by atoms with Crippen molar-refractivity contribution in [3.63, 3.8) is 0 Å². The molecule has 0 radical (unpaired) electrons. The molecule has 3 aromatic rings. The van der Waals surface area contributed by atoms with Gasteiger partial charge < -0.3 is 19.7 Å². The molecule has 0 unspecified atom stereocenters. The van der Waals surface area contributed by atoms with Gasteiger partial charge >= 0.3 is 0 Å². The number of nitrogens with one attached hydrogen (secondary N) is 2. The number of carbonyl (C=O) groups excluding carboxylic acids is 1. The van der Waals surface area contributed by atoms with Crippen molar-refractivity contribution >= 4 is 51.0 Å². The third-order valence-corrected chi connectivity index (χ3v) is 4.68. The van der Waals surface area contributed by atoms with Crippen molar-refractivity contribution in [2.45, 2.75) is 0 Å². The third kappa shape index (κ3) is 4.03. The van der Waals surface area contributed by atoms with Gasteiger partial charge in [-0.15, -0.1) is 0 Å². The Morgan fingerprint density at radius 1 is 1.39 bits per heavy atom. The van der Waals surface area contributed by atoms with Gasteiger partial charge in [-0.2, -0.15) is 0 Å². The first-order valence-electron chi connectivity index (χ1n) is 8.23. The van der Waals surface area contributed by atoms with Crippen molar-refractivity contribution < 1.29 is 23.9 Å². The molecule has 0 fully saturated rings. The van der Waals surface area contributed by atoms with Gasteiger partial charge in [-0.1, -0.05) is 0 Å². The Morgan fingerprint density at radius 3 is 2.86 bits per heavy atom. The predicted molar refractivity (Wildman–Crippen MR) is 110 cm³/mol. The Morgan fingerprint density at radius 2 is 2.18 bits per heavy atom. The molecule has 8 nitrogen and oxygen atoms in total. The van der Waals surface area contributed by atoms with E-state index in [-0.39, 0.29) is 24.5 Å². The van der Waals surface area contributed by atoms with Gasteiger partial charge in [-0.3, -0.25) is 9.63 Å². The van der Waals surface area contributed by atoms with Crippen molar-refractivity contribution in [1.82, 2.24) is 15.0 Å². The first-order valence-corrected chi connectivity index (χ1v) is 9.31. The quantitative estimate of drug-likeness (QED) is 0.262. The van der Waals surface area contributed by atoms with E-state index in [1.54, 1.807) is 29.8 Å². The molecule has 3 N–H and O–H groups in total. The number of hydroxylamine groups is 1. The molecule has 0 atom stereocenters. The fourth-order valence-corrected chi connectivity index (χ4v) is 3.16. The van der Waals surface area contributed by atoms with E-state index in [4.69, 9.17) is 14.7 Å². The van der Waals surface area contributed by atoms with Crippen molar-refractivity contribution in [1.29, 1.82) is 0 Å². The van der Waals surface area contributed by atoms with E-state index >= 15 is 0 Å². The number of nitrogens with zero attached hydrogens (tertiary/aromatic N) is 2. The Kier molecular flexibility index (Phi) is 6.31. The standard InChI is InChI=1S/C18H18FIN4O4/c1-24-16-12(8-11(27-2)9-21-16)15(18(26)23-28-6-5-25)17(24)22-14-4-3-10(20)7-13(14)19/h3-4,7-9,22,25H,5-6H2,1-2H3,(H,23,26). The van der Waals surface area contributed by atoms with Gasteiger partial charge in [-0.25, -0.2) is 14.9 Å². The predicted octanol–water partition coefficient (Wildman–Crippen LogP) is 2.72. The summed E-state index contributed by atoms with van der Waals surface area (Å²) in [5.41, 5.74) is 3.20. The highest BCUT2D eigenvalue weighted by Crippen LogP contribution is 2.33. The summed E-state index contributed by atoms with van der Waals surface area (Å²) in [6, 6.07) is 6.39. The molecule has 0 spiro atoms. The fraction of sp³-hybridized carbons (Fsp3) is 0.222. The van der Waals surface area contributed by atoms with Crippen LogP contribution in [0.25, 0.3) is 11.0 Å². The van der Waals surface area contributed by atoms with Crippen LogP contribution in [-0.2, 0) is 11.9 Å². The Hall–Kier alpha value is -2.44. The summed E-state index contributed by atoms with van der Waals surface area (Å²) in [4.78, 5) is 22.0. The topological polar surface area (TPSA) is 97.6 Å². The molecular weight excluding hydrogens is 482 g/mol. The molecule has 0 bridgehead atoms. The molecule has 10 heteroatoms. The minimum Gasteiger partial charge on any atom is -0.495 e. The van der Waals surface area contributed by atoms with Crippen LogP contribution in [0.3, 0.4) is 0 Å². The first kappa shape index (κ1) is 20.3. The number of amides is 1. The van der Waals surface area contributed by atoms with E-state index in [0.717, 1.165) is 3.57 Å². The minimum atomic E-state index is -0.567. The van der Waals surface area contributed by atoms with Crippen molar-refractivity contribution in [3.8, 4) is 5.75 Å². The Bertz CT molecular complexity index is 1020. The Balaban J connectivity index is 2.12. The van der Waals surface area contributed by atoms with Crippen LogP contribution in [0.15, 0.2) is 30.5 Å². The SMILES string of the molecule is COc1cnc2c(c1)c(C(=O)NOCCO)c(Nc1ccc(I)cc1F)n2C. The molecule has 0 saturated heterocycles. The van der Waals surface area contributed by atoms with Crippen molar-refractivity contribution in [2.24, 2.45) is 7.05 Å². The fourth-order valence-electron chi connectivity index (χ4n) is 2.71. The summed E-state index contributed by atoms with van der Waals surface area (Å²) in [6.07, 6.45) is 1.53.